The number of piperidine rings is 3. The van der Waals surface area contributed by atoms with Gasteiger partial charge in [0.25, 0.3) is 0 Å². The number of esters is 1. The van der Waals surface area contributed by atoms with Crippen LogP contribution in [-0.4, -0.2) is 49.3 Å². The summed E-state index contributed by atoms with van der Waals surface area (Å²) in [7, 11) is 0. The smallest absolute Gasteiger partial charge is 0.318 e. The van der Waals surface area contributed by atoms with Crippen molar-refractivity contribution in [3.63, 3.8) is 0 Å². The van der Waals surface area contributed by atoms with E-state index >= 15 is 0 Å². The van der Waals surface area contributed by atoms with E-state index in [0.29, 0.717) is 12.5 Å². The summed E-state index contributed by atoms with van der Waals surface area (Å²) in [6.07, 6.45) is 2.16. The Hall–Kier alpha value is -3.31. The van der Waals surface area contributed by atoms with E-state index in [9.17, 15) is 4.79 Å². The van der Waals surface area contributed by atoms with Crippen LogP contribution >= 0.6 is 0 Å². The molecule has 0 radical (unpaired) electrons. The Kier molecular flexibility index (Phi) is 5.50. The molecule has 4 aliphatic heterocycles. The molecule has 3 saturated heterocycles. The number of para-hydroxylation sites is 3. The van der Waals surface area contributed by atoms with Crippen LogP contribution in [0, 0.1) is 5.92 Å². The zero-order chi connectivity index (χ0) is 23.0. The van der Waals surface area contributed by atoms with E-state index in [2.05, 4.69) is 0 Å². The number of hydrogen-bond donors (Lipinski definition) is 0. The van der Waals surface area contributed by atoms with Gasteiger partial charge in [-0.15, -0.1) is 0 Å². The monoisotopic (exact) mass is 456 g/mol. The topological polar surface area (TPSA) is 44.8 Å². The lowest BCUT2D eigenvalue weighted by atomic mass is 9.82. The minimum Gasteiger partial charge on any atom is -0.488 e. The summed E-state index contributed by atoms with van der Waals surface area (Å²) >= 11 is 0. The Morgan fingerprint density at radius 3 is 2.15 bits per heavy atom. The molecular formula is C29H30NO4+. The van der Waals surface area contributed by atoms with E-state index in [0.717, 1.165) is 71.9 Å². The summed E-state index contributed by atoms with van der Waals surface area (Å²) in [5.74, 6) is 2.21. The van der Waals surface area contributed by atoms with Crippen molar-refractivity contribution in [2.24, 2.45) is 5.92 Å². The minimum atomic E-state index is -0.452. The van der Waals surface area contributed by atoms with E-state index < -0.39 is 5.92 Å². The van der Waals surface area contributed by atoms with Crippen LogP contribution in [0.3, 0.4) is 0 Å². The van der Waals surface area contributed by atoms with Gasteiger partial charge in [0.05, 0.1) is 13.1 Å². The molecule has 7 rings (SSSR count). The molecule has 5 nitrogen and oxygen atoms in total. The summed E-state index contributed by atoms with van der Waals surface area (Å²) in [5.41, 5.74) is 1.76. The first kappa shape index (κ1) is 21.2. The van der Waals surface area contributed by atoms with Crippen molar-refractivity contribution >= 4 is 5.97 Å². The molecule has 5 heteroatoms. The molecule has 0 spiro atoms. The number of rotatable bonds is 6. The second-order valence-electron chi connectivity index (χ2n) is 9.78. The standard InChI is InChI=1S/C29H30NO4/c31-29(28-23-10-4-6-12-25(23)33-26-13-7-5-11-24(26)28)34-27-20-30(16-14-21(27)15-17-30)18-19-32-22-8-2-1-3-9-22/h1-13,21,27-28H,14-20H2/q+1/t21?,27-,30?/m0/s1. The quantitative estimate of drug-likeness (QED) is 0.380. The first-order valence-corrected chi connectivity index (χ1v) is 12.3. The molecule has 174 valence electrons. The fraction of sp³-hybridized carbons (Fsp3) is 0.345. The van der Waals surface area contributed by atoms with Gasteiger partial charge in [-0.2, -0.15) is 0 Å². The Morgan fingerprint density at radius 2 is 1.47 bits per heavy atom. The second kappa shape index (κ2) is 8.80. The van der Waals surface area contributed by atoms with Crippen molar-refractivity contribution in [1.29, 1.82) is 0 Å². The highest BCUT2D eigenvalue weighted by Gasteiger charge is 2.48. The van der Waals surface area contributed by atoms with Crippen LogP contribution in [0.4, 0.5) is 0 Å². The summed E-state index contributed by atoms with van der Waals surface area (Å²) in [4.78, 5) is 13.7. The SMILES string of the molecule is O=C(O[C@H]1C[N+]2(CCOc3ccccc3)CCC1CC2)C1c2ccccc2Oc2ccccc21. The zero-order valence-electron chi connectivity index (χ0n) is 19.3. The van der Waals surface area contributed by atoms with Gasteiger partial charge in [0.15, 0.2) is 6.10 Å². The van der Waals surface area contributed by atoms with Crippen molar-refractivity contribution in [2.45, 2.75) is 24.9 Å². The predicted octanol–water partition coefficient (Wildman–Crippen LogP) is 5.16. The summed E-state index contributed by atoms with van der Waals surface area (Å²) in [5, 5.41) is 0. The lowest BCUT2D eigenvalue weighted by Crippen LogP contribution is -2.65. The summed E-state index contributed by atoms with van der Waals surface area (Å²) < 4.78 is 19.4. The van der Waals surface area contributed by atoms with E-state index in [1.807, 2.05) is 78.9 Å². The second-order valence-corrected chi connectivity index (χ2v) is 9.78. The maximum atomic E-state index is 13.7. The fourth-order valence-corrected chi connectivity index (χ4v) is 5.92. The Bertz CT molecular complexity index is 1120. The fourth-order valence-electron chi connectivity index (χ4n) is 5.92. The molecule has 0 N–H and O–H groups in total. The van der Waals surface area contributed by atoms with Gasteiger partial charge < -0.3 is 18.7 Å². The zero-order valence-corrected chi connectivity index (χ0v) is 19.3. The lowest BCUT2D eigenvalue weighted by Gasteiger charge is -2.52. The maximum Gasteiger partial charge on any atom is 0.318 e. The van der Waals surface area contributed by atoms with Gasteiger partial charge in [-0.3, -0.25) is 4.79 Å². The molecule has 2 bridgehead atoms. The highest BCUT2D eigenvalue weighted by Crippen LogP contribution is 2.45. The van der Waals surface area contributed by atoms with Gasteiger partial charge in [-0.1, -0.05) is 54.6 Å². The number of fused-ring (bicyclic) bond motifs is 5. The lowest BCUT2D eigenvalue weighted by molar-refractivity contribution is -0.946. The van der Waals surface area contributed by atoms with Crippen molar-refractivity contribution in [3.8, 4) is 17.2 Å². The van der Waals surface area contributed by atoms with Gasteiger partial charge in [0, 0.05) is 29.9 Å². The molecule has 0 saturated carbocycles. The molecule has 0 amide bonds. The maximum absolute atomic E-state index is 13.7. The Morgan fingerprint density at radius 1 is 0.853 bits per heavy atom. The molecule has 0 unspecified atom stereocenters. The van der Waals surface area contributed by atoms with Crippen LogP contribution in [0.1, 0.15) is 29.9 Å². The number of quaternary nitrogens is 1. The highest BCUT2D eigenvalue weighted by molar-refractivity contribution is 5.85. The van der Waals surface area contributed by atoms with E-state index in [1.54, 1.807) is 0 Å². The average Bonchev–Trinajstić information content (AvgIpc) is 2.88. The van der Waals surface area contributed by atoms with Crippen LogP contribution in [0.5, 0.6) is 17.2 Å². The molecular weight excluding hydrogens is 426 g/mol. The van der Waals surface area contributed by atoms with Crippen LogP contribution in [0.25, 0.3) is 0 Å². The Balaban J connectivity index is 1.17. The van der Waals surface area contributed by atoms with Gasteiger partial charge in [-0.25, -0.2) is 0 Å². The van der Waals surface area contributed by atoms with E-state index in [-0.39, 0.29) is 12.1 Å². The van der Waals surface area contributed by atoms with Gasteiger partial charge in [0.1, 0.15) is 42.9 Å². The third-order valence-corrected chi connectivity index (χ3v) is 7.80. The summed E-state index contributed by atoms with van der Waals surface area (Å²) in [6, 6.07) is 25.6. The van der Waals surface area contributed by atoms with Crippen LogP contribution in [0.15, 0.2) is 78.9 Å². The summed E-state index contributed by atoms with van der Waals surface area (Å²) in [6.45, 7) is 4.77. The van der Waals surface area contributed by atoms with Crippen molar-refractivity contribution in [3.05, 3.63) is 90.0 Å². The molecule has 3 aromatic carbocycles. The number of nitrogens with zero attached hydrogens (tertiary/aromatic N) is 1. The van der Waals surface area contributed by atoms with Crippen molar-refractivity contribution in [2.75, 3.05) is 32.8 Å². The Labute approximate surface area is 200 Å². The molecule has 3 aromatic rings. The number of benzene rings is 3. The number of carbonyl (C=O) groups is 1. The van der Waals surface area contributed by atoms with Crippen LogP contribution in [0.2, 0.25) is 0 Å². The third kappa shape index (κ3) is 3.94. The predicted molar refractivity (Wildman–Crippen MR) is 129 cm³/mol. The first-order valence-electron chi connectivity index (χ1n) is 12.3. The van der Waals surface area contributed by atoms with Gasteiger partial charge in [-0.05, 0) is 24.3 Å². The van der Waals surface area contributed by atoms with Crippen molar-refractivity contribution in [1.82, 2.24) is 0 Å². The molecule has 34 heavy (non-hydrogen) atoms. The number of ether oxygens (including phenoxy) is 3. The number of hydrogen-bond acceptors (Lipinski definition) is 4. The normalized spacial score (nSPS) is 25.1. The molecule has 1 atom stereocenters. The highest BCUT2D eigenvalue weighted by atomic mass is 16.5. The van der Waals surface area contributed by atoms with Crippen LogP contribution < -0.4 is 9.47 Å². The molecule has 4 aliphatic rings. The van der Waals surface area contributed by atoms with Gasteiger partial charge >= 0.3 is 5.97 Å². The third-order valence-electron chi connectivity index (χ3n) is 7.80. The molecule has 3 fully saturated rings. The molecule has 0 aromatic heterocycles. The van der Waals surface area contributed by atoms with Gasteiger partial charge in [0.2, 0.25) is 0 Å². The first-order chi connectivity index (χ1) is 16.7. The minimum absolute atomic E-state index is 0.0473. The van der Waals surface area contributed by atoms with Crippen LogP contribution in [-0.2, 0) is 9.53 Å². The van der Waals surface area contributed by atoms with Crippen molar-refractivity contribution < 1.29 is 23.5 Å². The number of carbonyl (C=O) groups excluding carboxylic acids is 1. The average molecular weight is 457 g/mol. The molecule has 4 heterocycles. The molecule has 0 aliphatic carbocycles. The largest absolute Gasteiger partial charge is 0.488 e. The van der Waals surface area contributed by atoms with E-state index in [1.165, 1.54) is 0 Å². The van der Waals surface area contributed by atoms with E-state index in [4.69, 9.17) is 14.2 Å².